The van der Waals surface area contributed by atoms with Gasteiger partial charge in [-0.15, -0.1) is 0 Å². The van der Waals surface area contributed by atoms with Gasteiger partial charge in [0.05, 0.1) is 5.69 Å². The Hall–Kier alpha value is -1.61. The van der Waals surface area contributed by atoms with Crippen molar-refractivity contribution in [2.75, 3.05) is 11.9 Å². The Morgan fingerprint density at radius 1 is 1.13 bits per heavy atom. The third-order valence-corrected chi connectivity index (χ3v) is 2.73. The van der Waals surface area contributed by atoms with Crippen molar-refractivity contribution in [3.63, 3.8) is 0 Å². The molecule has 0 aromatic heterocycles. The highest BCUT2D eigenvalue weighted by atomic mass is 32.1. The zero-order chi connectivity index (χ0) is 10.8. The quantitative estimate of drug-likeness (QED) is 0.743. The number of fused-ring (bicyclic) bond motifs is 1. The lowest BCUT2D eigenvalue weighted by Crippen LogP contribution is -2.31. The number of hydrogen-bond donors (Lipinski definition) is 1. The van der Waals surface area contributed by atoms with Crippen LogP contribution in [0.2, 0.25) is 0 Å². The summed E-state index contributed by atoms with van der Waals surface area (Å²) in [5.41, 5.74) is 6.66. The van der Waals surface area contributed by atoms with Gasteiger partial charge in [-0.1, -0.05) is 36.4 Å². The first-order valence-corrected chi connectivity index (χ1v) is 5.12. The van der Waals surface area contributed by atoms with Crippen LogP contribution in [0.1, 0.15) is 0 Å². The summed E-state index contributed by atoms with van der Waals surface area (Å²) in [6, 6.07) is 14.3. The fraction of sp³-hybridized carbons (Fsp3) is 0.0833. The van der Waals surface area contributed by atoms with E-state index in [0.717, 1.165) is 11.1 Å². The van der Waals surface area contributed by atoms with Gasteiger partial charge in [-0.25, -0.2) is 0 Å². The highest BCUT2D eigenvalue weighted by Gasteiger charge is 2.06. The molecule has 0 aliphatic rings. The van der Waals surface area contributed by atoms with E-state index in [9.17, 15) is 0 Å². The molecule has 0 bridgehead atoms. The summed E-state index contributed by atoms with van der Waals surface area (Å²) in [7, 11) is 1.88. The fourth-order valence-electron chi connectivity index (χ4n) is 1.62. The molecular weight excluding hydrogens is 204 g/mol. The molecule has 0 heterocycles. The van der Waals surface area contributed by atoms with Gasteiger partial charge in [-0.3, -0.25) is 0 Å². The molecule has 0 saturated heterocycles. The van der Waals surface area contributed by atoms with Crippen LogP contribution in [-0.2, 0) is 0 Å². The smallest absolute Gasteiger partial charge is 0.170 e. The lowest BCUT2D eigenvalue weighted by atomic mass is 10.1. The van der Waals surface area contributed by atoms with Crippen LogP contribution in [0.5, 0.6) is 0 Å². The lowest BCUT2D eigenvalue weighted by molar-refractivity contribution is 1.28. The largest absolute Gasteiger partial charge is 0.376 e. The van der Waals surface area contributed by atoms with Gasteiger partial charge in [-0.2, -0.15) is 0 Å². The summed E-state index contributed by atoms with van der Waals surface area (Å²) in [5, 5.41) is 2.74. The summed E-state index contributed by atoms with van der Waals surface area (Å²) < 4.78 is 0. The number of nitrogens with zero attached hydrogens (tertiary/aromatic N) is 1. The topological polar surface area (TPSA) is 29.3 Å². The van der Waals surface area contributed by atoms with Crippen LogP contribution < -0.4 is 10.6 Å². The first-order valence-electron chi connectivity index (χ1n) is 4.71. The molecule has 0 atom stereocenters. The van der Waals surface area contributed by atoms with Gasteiger partial charge < -0.3 is 10.6 Å². The Bertz CT molecular complexity index is 502. The first kappa shape index (κ1) is 9.93. The molecule has 2 aromatic rings. The molecule has 0 aliphatic carbocycles. The number of anilines is 1. The molecule has 0 fully saturated rings. The van der Waals surface area contributed by atoms with Gasteiger partial charge >= 0.3 is 0 Å². The molecule has 0 radical (unpaired) electrons. The average Bonchev–Trinajstić information content (AvgIpc) is 2.27. The Kier molecular flexibility index (Phi) is 2.56. The maximum absolute atomic E-state index is 5.62. The van der Waals surface area contributed by atoms with Crippen molar-refractivity contribution in [1.82, 2.24) is 0 Å². The predicted molar refractivity (Wildman–Crippen MR) is 69.1 cm³/mol. The minimum Gasteiger partial charge on any atom is -0.376 e. The molecule has 0 aliphatic heterocycles. The zero-order valence-corrected chi connectivity index (χ0v) is 9.29. The zero-order valence-electron chi connectivity index (χ0n) is 8.47. The van der Waals surface area contributed by atoms with Gasteiger partial charge in [0.15, 0.2) is 5.11 Å². The maximum atomic E-state index is 5.62. The maximum Gasteiger partial charge on any atom is 0.170 e. The number of thiocarbonyl (C=S) groups is 1. The Balaban J connectivity index is 2.65. The first-order chi connectivity index (χ1) is 7.20. The van der Waals surface area contributed by atoms with E-state index in [1.165, 1.54) is 5.39 Å². The van der Waals surface area contributed by atoms with E-state index < -0.39 is 0 Å². The van der Waals surface area contributed by atoms with Crippen LogP contribution in [0.3, 0.4) is 0 Å². The second-order valence-electron chi connectivity index (χ2n) is 3.40. The van der Waals surface area contributed by atoms with Crippen LogP contribution in [0.25, 0.3) is 10.8 Å². The van der Waals surface area contributed by atoms with E-state index in [2.05, 4.69) is 18.2 Å². The van der Waals surface area contributed by atoms with Crippen LogP contribution in [0.15, 0.2) is 42.5 Å². The number of benzene rings is 2. The van der Waals surface area contributed by atoms with E-state index in [1.807, 2.05) is 36.2 Å². The number of nitrogens with two attached hydrogens (primary N) is 1. The van der Waals surface area contributed by atoms with Crippen molar-refractivity contribution >= 4 is 33.8 Å². The summed E-state index contributed by atoms with van der Waals surface area (Å²) >= 11 is 4.97. The molecule has 0 spiro atoms. The van der Waals surface area contributed by atoms with Gasteiger partial charge in [-0.05, 0) is 23.7 Å². The van der Waals surface area contributed by atoms with E-state index in [-0.39, 0.29) is 0 Å². The van der Waals surface area contributed by atoms with Crippen molar-refractivity contribution in [2.24, 2.45) is 5.73 Å². The third kappa shape index (κ3) is 1.78. The SMILES string of the molecule is CN(C(N)=S)c1cccc2ccccc12. The van der Waals surface area contributed by atoms with Crippen molar-refractivity contribution in [3.05, 3.63) is 42.5 Å². The second-order valence-corrected chi connectivity index (χ2v) is 3.81. The average molecular weight is 216 g/mol. The van der Waals surface area contributed by atoms with E-state index in [0.29, 0.717) is 5.11 Å². The normalized spacial score (nSPS) is 10.2. The Morgan fingerprint density at radius 3 is 2.53 bits per heavy atom. The Labute approximate surface area is 94.3 Å². The van der Waals surface area contributed by atoms with Crippen LogP contribution in [0, 0.1) is 0 Å². The fourth-order valence-corrected chi connectivity index (χ4v) is 1.72. The molecule has 2 aromatic carbocycles. The molecule has 76 valence electrons. The monoisotopic (exact) mass is 216 g/mol. The molecule has 2 nitrogen and oxygen atoms in total. The van der Waals surface area contributed by atoms with Crippen molar-refractivity contribution in [2.45, 2.75) is 0 Å². The molecule has 0 saturated carbocycles. The standard InChI is InChI=1S/C12H12N2S/c1-14(12(13)15)11-8-4-6-9-5-2-3-7-10(9)11/h2-8H,1H3,(H2,13,15). The van der Waals surface area contributed by atoms with Crippen molar-refractivity contribution in [1.29, 1.82) is 0 Å². The Morgan fingerprint density at radius 2 is 1.80 bits per heavy atom. The van der Waals surface area contributed by atoms with Gasteiger partial charge in [0.2, 0.25) is 0 Å². The molecule has 15 heavy (non-hydrogen) atoms. The minimum atomic E-state index is 0.381. The minimum absolute atomic E-state index is 0.381. The van der Waals surface area contributed by atoms with E-state index in [4.69, 9.17) is 18.0 Å². The highest BCUT2D eigenvalue weighted by Crippen LogP contribution is 2.25. The third-order valence-electron chi connectivity index (χ3n) is 2.46. The molecule has 0 unspecified atom stereocenters. The van der Waals surface area contributed by atoms with Crippen molar-refractivity contribution in [3.8, 4) is 0 Å². The summed E-state index contributed by atoms with van der Waals surface area (Å²) in [6.07, 6.45) is 0. The van der Waals surface area contributed by atoms with Gasteiger partial charge in [0.25, 0.3) is 0 Å². The predicted octanol–water partition coefficient (Wildman–Crippen LogP) is 2.52. The van der Waals surface area contributed by atoms with Gasteiger partial charge in [0, 0.05) is 12.4 Å². The summed E-state index contributed by atoms with van der Waals surface area (Å²) in [6.45, 7) is 0. The van der Waals surface area contributed by atoms with Gasteiger partial charge in [0.1, 0.15) is 0 Å². The summed E-state index contributed by atoms with van der Waals surface area (Å²) in [4.78, 5) is 1.82. The molecular formula is C12H12N2S. The molecule has 2 N–H and O–H groups in total. The van der Waals surface area contributed by atoms with E-state index >= 15 is 0 Å². The number of rotatable bonds is 1. The number of hydrogen-bond acceptors (Lipinski definition) is 1. The van der Waals surface area contributed by atoms with Crippen LogP contribution >= 0.6 is 12.2 Å². The molecule has 3 heteroatoms. The molecule has 2 rings (SSSR count). The second kappa shape index (κ2) is 3.87. The van der Waals surface area contributed by atoms with Crippen LogP contribution in [-0.4, -0.2) is 12.2 Å². The lowest BCUT2D eigenvalue weighted by Gasteiger charge is -2.18. The van der Waals surface area contributed by atoms with Crippen molar-refractivity contribution < 1.29 is 0 Å². The highest BCUT2D eigenvalue weighted by molar-refractivity contribution is 7.80. The van der Waals surface area contributed by atoms with Crippen LogP contribution in [0.4, 0.5) is 5.69 Å². The van der Waals surface area contributed by atoms with E-state index in [1.54, 1.807) is 0 Å². The molecule has 0 amide bonds. The summed E-state index contributed by atoms with van der Waals surface area (Å²) in [5.74, 6) is 0.